The number of hydrogen-bond acceptors (Lipinski definition) is 5. The third-order valence-corrected chi connectivity index (χ3v) is 5.16. The highest BCUT2D eigenvalue weighted by Crippen LogP contribution is 2.34. The molecule has 2 heterocycles. The van der Waals surface area contributed by atoms with Crippen molar-refractivity contribution in [3.05, 3.63) is 40.4 Å². The molecule has 0 aliphatic carbocycles. The highest BCUT2D eigenvalue weighted by atomic mass is 35.5. The molecule has 144 valence electrons. The maximum atomic E-state index is 14.3. The number of ether oxygens (including phenoxy) is 1. The number of benzene rings is 1. The number of amides is 2. The molecule has 0 bridgehead atoms. The van der Waals surface area contributed by atoms with Crippen LogP contribution < -0.4 is 11.1 Å². The molecule has 1 saturated heterocycles. The van der Waals surface area contributed by atoms with Crippen molar-refractivity contribution in [2.24, 2.45) is 11.1 Å². The number of halogens is 2. The minimum absolute atomic E-state index is 0.00759. The van der Waals surface area contributed by atoms with Gasteiger partial charge in [0.25, 0.3) is 5.91 Å². The fourth-order valence-electron chi connectivity index (χ4n) is 3.14. The summed E-state index contributed by atoms with van der Waals surface area (Å²) in [5.74, 6) is -1.45. The number of nitrogens with two attached hydrogens (primary N) is 1. The molecule has 0 unspecified atom stereocenters. The lowest BCUT2D eigenvalue weighted by atomic mass is 9.79. The van der Waals surface area contributed by atoms with Crippen molar-refractivity contribution in [3.63, 3.8) is 0 Å². The van der Waals surface area contributed by atoms with Crippen LogP contribution in [-0.4, -0.2) is 36.7 Å². The Morgan fingerprint density at radius 3 is 2.70 bits per heavy atom. The van der Waals surface area contributed by atoms with Crippen molar-refractivity contribution in [2.45, 2.75) is 19.8 Å². The van der Waals surface area contributed by atoms with Gasteiger partial charge in [-0.25, -0.2) is 4.39 Å². The van der Waals surface area contributed by atoms with Gasteiger partial charge in [-0.2, -0.15) is 0 Å². The summed E-state index contributed by atoms with van der Waals surface area (Å²) in [6.45, 7) is 2.36. The van der Waals surface area contributed by atoms with Gasteiger partial charge in [-0.05, 0) is 31.9 Å². The first kappa shape index (κ1) is 19.3. The number of nitrogens with one attached hydrogen (secondary N) is 1. The van der Waals surface area contributed by atoms with Gasteiger partial charge in [0.15, 0.2) is 0 Å². The Hall–Kier alpha value is -2.45. The molecular formula is C18H19ClFN3O4. The molecule has 0 spiro atoms. The SMILES string of the molecule is Cc1onc(-c2c(F)cccc2Cl)c1C(=O)NCC1(C(N)=O)CCOCC1. The Balaban J connectivity index is 1.88. The first-order valence-electron chi connectivity index (χ1n) is 8.42. The van der Waals surface area contributed by atoms with E-state index < -0.39 is 23.0 Å². The Kier molecular flexibility index (Phi) is 5.48. The summed E-state index contributed by atoms with van der Waals surface area (Å²) in [5.41, 5.74) is 4.73. The predicted octanol–water partition coefficient (Wildman–Crippen LogP) is 2.45. The summed E-state index contributed by atoms with van der Waals surface area (Å²) in [5, 5.41) is 6.62. The van der Waals surface area contributed by atoms with Crippen molar-refractivity contribution >= 4 is 23.4 Å². The monoisotopic (exact) mass is 395 g/mol. The second kappa shape index (κ2) is 7.66. The number of carbonyl (C=O) groups is 2. The van der Waals surface area contributed by atoms with E-state index in [4.69, 9.17) is 26.6 Å². The maximum Gasteiger partial charge on any atom is 0.257 e. The molecule has 1 aliphatic heterocycles. The molecule has 7 nitrogen and oxygen atoms in total. The van der Waals surface area contributed by atoms with E-state index in [1.54, 1.807) is 6.92 Å². The Bertz CT molecular complexity index is 857. The highest BCUT2D eigenvalue weighted by Gasteiger charge is 2.39. The van der Waals surface area contributed by atoms with Crippen molar-refractivity contribution < 1.29 is 23.2 Å². The second-order valence-corrected chi connectivity index (χ2v) is 6.91. The first-order chi connectivity index (χ1) is 12.9. The average Bonchev–Trinajstić information content (AvgIpc) is 3.01. The summed E-state index contributed by atoms with van der Waals surface area (Å²) in [6.07, 6.45) is 0.828. The van der Waals surface area contributed by atoms with Crippen LogP contribution in [0.1, 0.15) is 29.0 Å². The normalized spacial score (nSPS) is 16.1. The Labute approximate surface area is 160 Å². The zero-order valence-electron chi connectivity index (χ0n) is 14.7. The molecule has 0 saturated carbocycles. The lowest BCUT2D eigenvalue weighted by molar-refractivity contribution is -0.132. The molecule has 1 aromatic heterocycles. The number of primary amides is 1. The van der Waals surface area contributed by atoms with Gasteiger partial charge in [0.1, 0.15) is 22.8 Å². The largest absolute Gasteiger partial charge is 0.381 e. The van der Waals surface area contributed by atoms with Gasteiger partial charge < -0.3 is 20.3 Å². The summed E-state index contributed by atoms with van der Waals surface area (Å²) in [7, 11) is 0. The van der Waals surface area contributed by atoms with Crippen LogP contribution in [0.2, 0.25) is 5.02 Å². The molecule has 27 heavy (non-hydrogen) atoms. The quantitative estimate of drug-likeness (QED) is 0.808. The molecule has 1 aromatic carbocycles. The number of carbonyl (C=O) groups excluding carboxylic acids is 2. The Morgan fingerprint density at radius 1 is 1.37 bits per heavy atom. The van der Waals surface area contributed by atoms with Crippen molar-refractivity contribution in [1.82, 2.24) is 10.5 Å². The van der Waals surface area contributed by atoms with Crippen LogP contribution in [0.25, 0.3) is 11.3 Å². The fraction of sp³-hybridized carbons (Fsp3) is 0.389. The lowest BCUT2D eigenvalue weighted by Crippen LogP contribution is -2.49. The molecule has 2 aromatic rings. The van der Waals surface area contributed by atoms with Crippen LogP contribution >= 0.6 is 11.6 Å². The summed E-state index contributed by atoms with van der Waals surface area (Å²) in [4.78, 5) is 24.7. The van der Waals surface area contributed by atoms with Crippen molar-refractivity contribution in [2.75, 3.05) is 19.8 Å². The van der Waals surface area contributed by atoms with Crippen LogP contribution in [0.4, 0.5) is 4.39 Å². The predicted molar refractivity (Wildman–Crippen MR) is 95.7 cm³/mol. The van der Waals surface area contributed by atoms with Gasteiger partial charge in [-0.15, -0.1) is 0 Å². The van der Waals surface area contributed by atoms with E-state index in [0.29, 0.717) is 26.1 Å². The van der Waals surface area contributed by atoms with E-state index >= 15 is 0 Å². The average molecular weight is 396 g/mol. The molecule has 3 rings (SSSR count). The van der Waals surface area contributed by atoms with E-state index in [2.05, 4.69) is 10.5 Å². The fourth-order valence-corrected chi connectivity index (χ4v) is 3.40. The van der Waals surface area contributed by atoms with Crippen LogP contribution in [0, 0.1) is 18.2 Å². The van der Waals surface area contributed by atoms with Gasteiger partial charge in [0, 0.05) is 19.8 Å². The van der Waals surface area contributed by atoms with E-state index in [0.717, 1.165) is 0 Å². The van der Waals surface area contributed by atoms with E-state index in [1.165, 1.54) is 18.2 Å². The number of aryl methyl sites for hydroxylation is 1. The van der Waals surface area contributed by atoms with Crippen LogP contribution in [0.5, 0.6) is 0 Å². The number of rotatable bonds is 5. The van der Waals surface area contributed by atoms with Crippen molar-refractivity contribution in [1.29, 1.82) is 0 Å². The van der Waals surface area contributed by atoms with Crippen molar-refractivity contribution in [3.8, 4) is 11.3 Å². The minimum Gasteiger partial charge on any atom is -0.381 e. The molecule has 2 amide bonds. The molecular weight excluding hydrogens is 377 g/mol. The van der Waals surface area contributed by atoms with Gasteiger partial charge >= 0.3 is 0 Å². The number of aromatic nitrogens is 1. The summed E-state index contributed by atoms with van der Waals surface area (Å²) < 4.78 is 24.6. The van der Waals surface area contributed by atoms with Gasteiger partial charge in [0.05, 0.1) is 16.0 Å². The molecule has 1 aliphatic rings. The first-order valence-corrected chi connectivity index (χ1v) is 8.80. The minimum atomic E-state index is -0.880. The molecule has 0 atom stereocenters. The summed E-state index contributed by atoms with van der Waals surface area (Å²) >= 11 is 6.08. The van der Waals surface area contributed by atoms with Crippen LogP contribution in [0.15, 0.2) is 22.7 Å². The number of hydrogen-bond donors (Lipinski definition) is 2. The maximum absolute atomic E-state index is 14.3. The standard InChI is InChI=1S/C18H19ClFN3O4/c1-10-13(15(23-27-10)14-11(19)3-2-4-12(14)20)16(24)22-9-18(17(21)25)5-7-26-8-6-18/h2-4H,5-9H2,1H3,(H2,21,25)(H,22,24). The lowest BCUT2D eigenvalue weighted by Gasteiger charge is -2.34. The number of nitrogens with zero attached hydrogens (tertiary/aromatic N) is 1. The molecule has 3 N–H and O–H groups in total. The van der Waals surface area contributed by atoms with Gasteiger partial charge in [0.2, 0.25) is 5.91 Å². The summed E-state index contributed by atoms with van der Waals surface area (Å²) in [6, 6.07) is 4.17. The third-order valence-electron chi connectivity index (χ3n) is 4.85. The zero-order valence-corrected chi connectivity index (χ0v) is 15.4. The Morgan fingerprint density at radius 2 is 2.07 bits per heavy atom. The van der Waals surface area contributed by atoms with Gasteiger partial charge in [-0.3, -0.25) is 9.59 Å². The molecule has 1 fully saturated rings. The van der Waals surface area contributed by atoms with E-state index in [9.17, 15) is 14.0 Å². The third kappa shape index (κ3) is 3.68. The van der Waals surface area contributed by atoms with Gasteiger partial charge in [-0.1, -0.05) is 22.8 Å². The smallest absolute Gasteiger partial charge is 0.257 e. The second-order valence-electron chi connectivity index (χ2n) is 6.50. The van der Waals surface area contributed by atoms with Crippen LogP contribution in [-0.2, 0) is 9.53 Å². The molecule has 9 heteroatoms. The van der Waals surface area contributed by atoms with Crippen LogP contribution in [0.3, 0.4) is 0 Å². The van der Waals surface area contributed by atoms with E-state index in [-0.39, 0.29) is 34.1 Å². The molecule has 0 radical (unpaired) electrons. The van der Waals surface area contributed by atoms with E-state index in [1.807, 2.05) is 0 Å². The highest BCUT2D eigenvalue weighted by molar-refractivity contribution is 6.33. The topological polar surface area (TPSA) is 107 Å². The zero-order chi connectivity index (χ0) is 19.6.